The number of hydrogen-bond donors (Lipinski definition) is 1. The predicted octanol–water partition coefficient (Wildman–Crippen LogP) is 2.20. The zero-order chi connectivity index (χ0) is 15.6. The summed E-state index contributed by atoms with van der Waals surface area (Å²) in [7, 11) is -2.47. The van der Waals surface area contributed by atoms with Crippen LogP contribution in [0.15, 0.2) is 52.3 Å². The zero-order valence-electron chi connectivity index (χ0n) is 11.7. The van der Waals surface area contributed by atoms with E-state index in [0.717, 1.165) is 5.56 Å². The second-order valence-corrected chi connectivity index (χ2v) is 6.48. The van der Waals surface area contributed by atoms with Gasteiger partial charge in [-0.2, -0.15) is 0 Å². The van der Waals surface area contributed by atoms with Crippen molar-refractivity contribution in [2.45, 2.75) is 16.7 Å². The van der Waals surface area contributed by atoms with E-state index in [-0.39, 0.29) is 21.0 Å². The van der Waals surface area contributed by atoms with Crippen LogP contribution in [0.25, 0.3) is 0 Å². The molecule has 0 aliphatic heterocycles. The van der Waals surface area contributed by atoms with Crippen LogP contribution in [0.4, 0.5) is 5.69 Å². The molecule has 0 spiro atoms. The highest BCUT2D eigenvalue weighted by Crippen LogP contribution is 2.27. The third kappa shape index (κ3) is 2.90. The molecule has 2 aromatic carbocycles. The molecule has 0 bridgehead atoms. The molecule has 2 N–H and O–H groups in total. The smallest absolute Gasteiger partial charge is 0.337 e. The zero-order valence-corrected chi connectivity index (χ0v) is 12.5. The largest absolute Gasteiger partial charge is 0.465 e. The summed E-state index contributed by atoms with van der Waals surface area (Å²) in [5.41, 5.74) is 6.96. The topological polar surface area (TPSA) is 86.5 Å². The van der Waals surface area contributed by atoms with Gasteiger partial charge >= 0.3 is 5.97 Å². The van der Waals surface area contributed by atoms with Gasteiger partial charge < -0.3 is 10.5 Å². The lowest BCUT2D eigenvalue weighted by Crippen LogP contribution is -2.08. The fraction of sp³-hybridized carbons (Fsp3) is 0.133. The Kier molecular flexibility index (Phi) is 3.99. The number of sulfone groups is 1. The average molecular weight is 305 g/mol. The molecule has 0 aromatic heterocycles. The first kappa shape index (κ1) is 15.1. The van der Waals surface area contributed by atoms with Gasteiger partial charge in [0.2, 0.25) is 9.84 Å². The van der Waals surface area contributed by atoms with Crippen molar-refractivity contribution in [1.29, 1.82) is 0 Å². The Morgan fingerprint density at radius 3 is 2.24 bits per heavy atom. The number of methoxy groups -OCH3 is 1. The molecule has 0 unspecified atom stereocenters. The van der Waals surface area contributed by atoms with E-state index in [1.54, 1.807) is 12.1 Å². The third-order valence-corrected chi connectivity index (χ3v) is 4.90. The Morgan fingerprint density at radius 1 is 1.10 bits per heavy atom. The Labute approximate surface area is 123 Å². The van der Waals surface area contributed by atoms with Gasteiger partial charge in [-0.15, -0.1) is 0 Å². The molecular formula is C15H15NO4S. The van der Waals surface area contributed by atoms with Crippen LogP contribution in [0.1, 0.15) is 15.9 Å². The summed E-state index contributed by atoms with van der Waals surface area (Å²) in [5.74, 6) is -0.569. The number of rotatable bonds is 3. The first-order valence-corrected chi connectivity index (χ1v) is 7.64. The molecule has 110 valence electrons. The highest BCUT2D eigenvalue weighted by molar-refractivity contribution is 7.91. The fourth-order valence-corrected chi connectivity index (χ4v) is 3.25. The number of hydrogen-bond acceptors (Lipinski definition) is 5. The van der Waals surface area contributed by atoms with E-state index in [1.807, 2.05) is 6.92 Å². The number of carbonyl (C=O) groups is 1. The molecule has 6 heteroatoms. The normalized spacial score (nSPS) is 11.1. The number of benzene rings is 2. The predicted molar refractivity (Wildman–Crippen MR) is 78.8 cm³/mol. The summed E-state index contributed by atoms with van der Waals surface area (Å²) < 4.78 is 29.6. The molecule has 21 heavy (non-hydrogen) atoms. The van der Waals surface area contributed by atoms with Crippen LogP contribution in [0, 0.1) is 6.92 Å². The summed E-state index contributed by atoms with van der Waals surface area (Å²) in [5, 5.41) is 0. The first-order valence-electron chi connectivity index (χ1n) is 6.16. The SMILES string of the molecule is COC(=O)c1ccc(S(=O)(=O)c2ccc(C)cc2)c(N)c1. The molecule has 2 rings (SSSR count). The van der Waals surface area contributed by atoms with Crippen LogP contribution in [0.3, 0.4) is 0 Å². The molecule has 5 nitrogen and oxygen atoms in total. The summed E-state index contributed by atoms with van der Waals surface area (Å²) in [4.78, 5) is 11.5. The van der Waals surface area contributed by atoms with Gasteiger partial charge in [-0.05, 0) is 37.3 Å². The van der Waals surface area contributed by atoms with Crippen molar-refractivity contribution < 1.29 is 17.9 Å². The number of aryl methyl sites for hydroxylation is 1. The monoisotopic (exact) mass is 305 g/mol. The van der Waals surface area contributed by atoms with E-state index in [1.165, 1.54) is 37.4 Å². The molecule has 0 saturated carbocycles. The molecule has 0 radical (unpaired) electrons. The second kappa shape index (κ2) is 5.57. The average Bonchev–Trinajstić information content (AvgIpc) is 2.46. The van der Waals surface area contributed by atoms with Gasteiger partial charge in [0, 0.05) is 0 Å². The van der Waals surface area contributed by atoms with Crippen LogP contribution in [-0.4, -0.2) is 21.5 Å². The molecular weight excluding hydrogens is 290 g/mol. The molecule has 0 saturated heterocycles. The van der Waals surface area contributed by atoms with Crippen LogP contribution >= 0.6 is 0 Å². The standard InChI is InChI=1S/C15H15NO4S/c1-10-3-6-12(7-4-10)21(18,19)14-8-5-11(9-13(14)16)15(17)20-2/h3-9H,16H2,1-2H3. The van der Waals surface area contributed by atoms with Crippen molar-refractivity contribution in [1.82, 2.24) is 0 Å². The van der Waals surface area contributed by atoms with Crippen LogP contribution in [0.2, 0.25) is 0 Å². The molecule has 0 heterocycles. The van der Waals surface area contributed by atoms with Gasteiger partial charge in [0.25, 0.3) is 0 Å². The maximum atomic E-state index is 12.5. The lowest BCUT2D eigenvalue weighted by Gasteiger charge is -2.09. The quantitative estimate of drug-likeness (QED) is 0.694. The van der Waals surface area contributed by atoms with Crippen LogP contribution in [-0.2, 0) is 14.6 Å². The lowest BCUT2D eigenvalue weighted by atomic mass is 10.2. The first-order chi connectivity index (χ1) is 9.86. The second-order valence-electron chi connectivity index (χ2n) is 4.56. The summed E-state index contributed by atoms with van der Waals surface area (Å²) in [6.07, 6.45) is 0. The minimum Gasteiger partial charge on any atom is -0.465 e. The van der Waals surface area contributed by atoms with E-state index < -0.39 is 15.8 Å². The number of carbonyl (C=O) groups excluding carboxylic acids is 1. The Bertz CT molecular complexity index is 780. The maximum absolute atomic E-state index is 12.5. The van der Waals surface area contributed by atoms with Crippen molar-refractivity contribution in [3.8, 4) is 0 Å². The van der Waals surface area contributed by atoms with Gasteiger partial charge in [0.1, 0.15) is 0 Å². The van der Waals surface area contributed by atoms with Gasteiger partial charge in [0.15, 0.2) is 0 Å². The maximum Gasteiger partial charge on any atom is 0.337 e. The van der Waals surface area contributed by atoms with E-state index in [9.17, 15) is 13.2 Å². The molecule has 2 aromatic rings. The van der Waals surface area contributed by atoms with Gasteiger partial charge in [-0.3, -0.25) is 0 Å². The lowest BCUT2D eigenvalue weighted by molar-refractivity contribution is 0.0600. The fourth-order valence-electron chi connectivity index (χ4n) is 1.88. The van der Waals surface area contributed by atoms with Crippen molar-refractivity contribution >= 4 is 21.5 Å². The highest BCUT2D eigenvalue weighted by atomic mass is 32.2. The molecule has 0 amide bonds. The minimum atomic E-state index is -3.71. The van der Waals surface area contributed by atoms with Gasteiger partial charge in [0.05, 0.1) is 28.2 Å². The van der Waals surface area contributed by atoms with E-state index in [2.05, 4.69) is 4.74 Å². The number of anilines is 1. The van der Waals surface area contributed by atoms with E-state index >= 15 is 0 Å². The van der Waals surface area contributed by atoms with Gasteiger partial charge in [-0.25, -0.2) is 13.2 Å². The highest BCUT2D eigenvalue weighted by Gasteiger charge is 2.21. The van der Waals surface area contributed by atoms with Crippen molar-refractivity contribution in [3.05, 3.63) is 53.6 Å². The van der Waals surface area contributed by atoms with Crippen molar-refractivity contribution in [2.75, 3.05) is 12.8 Å². The summed E-state index contributed by atoms with van der Waals surface area (Å²) in [6.45, 7) is 1.87. The number of nitrogens with two attached hydrogens (primary N) is 1. The Morgan fingerprint density at radius 2 is 1.71 bits per heavy atom. The number of esters is 1. The Balaban J connectivity index is 2.50. The van der Waals surface area contributed by atoms with Gasteiger partial charge in [-0.1, -0.05) is 17.7 Å². The number of nitrogen functional groups attached to an aromatic ring is 1. The molecule has 0 atom stereocenters. The van der Waals surface area contributed by atoms with E-state index in [0.29, 0.717) is 0 Å². The molecule has 0 aliphatic carbocycles. The summed E-state index contributed by atoms with van der Waals surface area (Å²) >= 11 is 0. The van der Waals surface area contributed by atoms with Crippen LogP contribution < -0.4 is 5.73 Å². The molecule has 0 fully saturated rings. The Hall–Kier alpha value is -2.34. The molecule has 0 aliphatic rings. The van der Waals surface area contributed by atoms with E-state index in [4.69, 9.17) is 5.73 Å². The third-order valence-electron chi connectivity index (χ3n) is 3.05. The number of ether oxygens (including phenoxy) is 1. The van der Waals surface area contributed by atoms with Crippen LogP contribution in [0.5, 0.6) is 0 Å². The minimum absolute atomic E-state index is 0.0125. The van der Waals surface area contributed by atoms with Crippen molar-refractivity contribution in [2.24, 2.45) is 0 Å². The van der Waals surface area contributed by atoms with Crippen molar-refractivity contribution in [3.63, 3.8) is 0 Å². The summed E-state index contributed by atoms with van der Waals surface area (Å²) in [6, 6.07) is 10.5.